The standard InChI is InChI=1S/C6H11ClN2OS/c1-11(8,10)9-4-2-3-6(7)5-9/h3,8H,2,4-5H2,1H3. The van der Waals surface area contributed by atoms with Gasteiger partial charge in [-0.15, -0.1) is 0 Å². The molecule has 11 heavy (non-hydrogen) atoms. The number of rotatable bonds is 1. The fourth-order valence-electron chi connectivity index (χ4n) is 0.975. The molecule has 3 nitrogen and oxygen atoms in total. The van der Waals surface area contributed by atoms with E-state index in [4.69, 9.17) is 16.4 Å². The topological polar surface area (TPSA) is 44.2 Å². The van der Waals surface area contributed by atoms with Crippen LogP contribution >= 0.6 is 11.6 Å². The number of hydrogen-bond donors (Lipinski definition) is 1. The average molecular weight is 195 g/mol. The zero-order valence-electron chi connectivity index (χ0n) is 6.34. The van der Waals surface area contributed by atoms with Crippen LogP contribution in [0.5, 0.6) is 0 Å². The van der Waals surface area contributed by atoms with Crippen LogP contribution in [-0.4, -0.2) is 27.9 Å². The van der Waals surface area contributed by atoms with Gasteiger partial charge in [0.1, 0.15) is 9.92 Å². The first-order valence-electron chi connectivity index (χ1n) is 3.33. The molecule has 1 aliphatic rings. The largest absolute Gasteiger partial charge is 0.240 e. The average Bonchev–Trinajstić information content (AvgIpc) is 1.86. The lowest BCUT2D eigenvalue weighted by molar-refractivity contribution is 0.469. The van der Waals surface area contributed by atoms with E-state index in [1.54, 1.807) is 4.31 Å². The Labute approximate surface area is 72.1 Å². The normalized spacial score (nSPS) is 25.8. The second-order valence-corrected chi connectivity index (χ2v) is 5.21. The van der Waals surface area contributed by atoms with Crippen molar-refractivity contribution >= 4 is 21.5 Å². The molecule has 0 aromatic heterocycles. The van der Waals surface area contributed by atoms with Gasteiger partial charge in [-0.05, 0) is 6.42 Å². The molecule has 0 amide bonds. The first-order chi connectivity index (χ1) is 5.00. The van der Waals surface area contributed by atoms with Gasteiger partial charge in [-0.2, -0.15) is 0 Å². The molecule has 1 unspecified atom stereocenters. The molecule has 0 fully saturated rings. The van der Waals surface area contributed by atoms with Gasteiger partial charge in [0.05, 0.1) is 0 Å². The lowest BCUT2D eigenvalue weighted by Gasteiger charge is -2.24. The zero-order valence-corrected chi connectivity index (χ0v) is 7.91. The first kappa shape index (κ1) is 9.03. The molecule has 1 N–H and O–H groups in total. The monoisotopic (exact) mass is 194 g/mol. The Morgan fingerprint density at radius 3 is 2.82 bits per heavy atom. The molecule has 0 radical (unpaired) electrons. The van der Waals surface area contributed by atoms with E-state index in [1.165, 1.54) is 6.26 Å². The molecule has 0 aliphatic carbocycles. The van der Waals surface area contributed by atoms with Gasteiger partial charge in [0, 0.05) is 24.4 Å². The van der Waals surface area contributed by atoms with Crippen LogP contribution in [0.1, 0.15) is 6.42 Å². The minimum Gasteiger partial charge on any atom is -0.240 e. The highest BCUT2D eigenvalue weighted by Crippen LogP contribution is 2.15. The van der Waals surface area contributed by atoms with E-state index in [9.17, 15) is 4.21 Å². The van der Waals surface area contributed by atoms with Crippen LogP contribution in [-0.2, 0) is 9.92 Å². The first-order valence-corrected chi connectivity index (χ1v) is 5.63. The summed E-state index contributed by atoms with van der Waals surface area (Å²) in [5.74, 6) is 0. The minimum absolute atomic E-state index is 0.459. The fourth-order valence-corrected chi connectivity index (χ4v) is 2.14. The molecule has 0 saturated carbocycles. The fraction of sp³-hybridized carbons (Fsp3) is 0.667. The summed E-state index contributed by atoms with van der Waals surface area (Å²) in [5.41, 5.74) is 0. The van der Waals surface area contributed by atoms with Crippen molar-refractivity contribution in [1.29, 1.82) is 4.78 Å². The van der Waals surface area contributed by atoms with Crippen LogP contribution < -0.4 is 0 Å². The van der Waals surface area contributed by atoms with E-state index in [2.05, 4.69) is 0 Å². The van der Waals surface area contributed by atoms with Gasteiger partial charge in [-0.3, -0.25) is 0 Å². The molecule has 1 atom stereocenters. The molecule has 1 heterocycles. The van der Waals surface area contributed by atoms with Crippen LogP contribution in [0.4, 0.5) is 0 Å². The van der Waals surface area contributed by atoms with Crippen LogP contribution in [0.3, 0.4) is 0 Å². The molecule has 1 aliphatic heterocycles. The Kier molecular flexibility index (Phi) is 2.57. The molecule has 0 spiro atoms. The molecule has 5 heteroatoms. The summed E-state index contributed by atoms with van der Waals surface area (Å²) in [6.07, 6.45) is 4.12. The highest BCUT2D eigenvalue weighted by molar-refractivity contribution is 7.89. The van der Waals surface area contributed by atoms with Crippen molar-refractivity contribution in [2.24, 2.45) is 0 Å². The Bertz CT molecular complexity index is 270. The predicted molar refractivity (Wildman–Crippen MR) is 46.9 cm³/mol. The van der Waals surface area contributed by atoms with Gasteiger partial charge in [-0.1, -0.05) is 17.7 Å². The summed E-state index contributed by atoms with van der Waals surface area (Å²) < 4.78 is 20.1. The van der Waals surface area contributed by atoms with Crippen molar-refractivity contribution in [3.05, 3.63) is 11.1 Å². The third-order valence-electron chi connectivity index (χ3n) is 1.56. The summed E-state index contributed by atoms with van der Waals surface area (Å²) in [5, 5.41) is 0.693. The van der Waals surface area contributed by atoms with Crippen molar-refractivity contribution < 1.29 is 4.21 Å². The van der Waals surface area contributed by atoms with E-state index in [1.807, 2.05) is 6.08 Å². The number of halogens is 1. The zero-order chi connectivity index (χ0) is 8.48. The van der Waals surface area contributed by atoms with Crippen LogP contribution in [0.2, 0.25) is 0 Å². The third kappa shape index (κ3) is 2.47. The predicted octanol–water partition coefficient (Wildman–Crippen LogP) is 1.41. The molecule has 0 aromatic carbocycles. The maximum absolute atomic E-state index is 11.2. The molecule has 1 rings (SSSR count). The van der Waals surface area contributed by atoms with Crippen LogP contribution in [0, 0.1) is 4.78 Å². The summed E-state index contributed by atoms with van der Waals surface area (Å²) in [4.78, 5) is 0. The molecular formula is C6H11ClN2OS. The van der Waals surface area contributed by atoms with Crippen molar-refractivity contribution in [2.45, 2.75) is 6.42 Å². The van der Waals surface area contributed by atoms with Gasteiger partial charge in [-0.25, -0.2) is 13.3 Å². The van der Waals surface area contributed by atoms with E-state index >= 15 is 0 Å². The smallest absolute Gasteiger partial charge is 0.105 e. The number of nitrogens with zero attached hydrogens (tertiary/aromatic N) is 1. The molecule has 0 aromatic rings. The summed E-state index contributed by atoms with van der Waals surface area (Å²) in [7, 11) is -2.55. The maximum atomic E-state index is 11.2. The lowest BCUT2D eigenvalue weighted by atomic mass is 10.3. The lowest BCUT2D eigenvalue weighted by Crippen LogP contribution is -2.33. The summed E-state index contributed by atoms with van der Waals surface area (Å²) >= 11 is 5.73. The molecule has 64 valence electrons. The van der Waals surface area contributed by atoms with Gasteiger partial charge < -0.3 is 0 Å². The summed E-state index contributed by atoms with van der Waals surface area (Å²) in [6, 6.07) is 0. The van der Waals surface area contributed by atoms with Gasteiger partial charge in [0.2, 0.25) is 0 Å². The molecule has 0 bridgehead atoms. The van der Waals surface area contributed by atoms with Crippen molar-refractivity contribution in [3.63, 3.8) is 0 Å². The van der Waals surface area contributed by atoms with Gasteiger partial charge >= 0.3 is 0 Å². The van der Waals surface area contributed by atoms with Crippen LogP contribution in [0.15, 0.2) is 11.1 Å². The second-order valence-electron chi connectivity index (χ2n) is 2.61. The number of hydrogen-bond acceptors (Lipinski definition) is 2. The highest BCUT2D eigenvalue weighted by Gasteiger charge is 2.16. The van der Waals surface area contributed by atoms with E-state index in [0.29, 0.717) is 18.1 Å². The highest BCUT2D eigenvalue weighted by atomic mass is 35.5. The summed E-state index contributed by atoms with van der Waals surface area (Å²) in [6.45, 7) is 1.13. The van der Waals surface area contributed by atoms with Crippen molar-refractivity contribution in [3.8, 4) is 0 Å². The Balaban J connectivity index is 2.73. The third-order valence-corrected chi connectivity index (χ3v) is 3.14. The Hall–Kier alpha value is -0.0600. The van der Waals surface area contributed by atoms with Gasteiger partial charge in [0.25, 0.3) is 0 Å². The Morgan fingerprint density at radius 2 is 2.45 bits per heavy atom. The Morgan fingerprint density at radius 1 is 1.82 bits per heavy atom. The van der Waals surface area contributed by atoms with Crippen molar-refractivity contribution in [2.75, 3.05) is 19.3 Å². The van der Waals surface area contributed by atoms with Gasteiger partial charge in [0.15, 0.2) is 0 Å². The van der Waals surface area contributed by atoms with E-state index < -0.39 is 9.92 Å². The molecule has 0 saturated heterocycles. The van der Waals surface area contributed by atoms with E-state index in [0.717, 1.165) is 6.42 Å². The quantitative estimate of drug-likeness (QED) is 0.674. The minimum atomic E-state index is -2.55. The van der Waals surface area contributed by atoms with Crippen LogP contribution in [0.25, 0.3) is 0 Å². The molecular weight excluding hydrogens is 184 g/mol. The maximum Gasteiger partial charge on any atom is 0.105 e. The van der Waals surface area contributed by atoms with Crippen molar-refractivity contribution in [1.82, 2.24) is 4.31 Å². The second kappa shape index (κ2) is 3.13. The van der Waals surface area contributed by atoms with E-state index in [-0.39, 0.29) is 0 Å². The number of nitrogens with one attached hydrogen (secondary N) is 1. The SMILES string of the molecule is CS(=N)(=O)N1CCC=C(Cl)C1.